The van der Waals surface area contributed by atoms with E-state index < -0.39 is 11.8 Å². The average molecular weight is 263 g/mol. The summed E-state index contributed by atoms with van der Waals surface area (Å²) < 4.78 is 23.2. The van der Waals surface area contributed by atoms with Crippen LogP contribution in [0.2, 0.25) is 0 Å². The normalized spacial score (nSPS) is 10.0. The summed E-state index contributed by atoms with van der Waals surface area (Å²) in [5.74, 6) is -1.52. The van der Waals surface area contributed by atoms with E-state index in [0.29, 0.717) is 0 Å². The lowest BCUT2D eigenvalue weighted by Crippen LogP contribution is -2.06. The molecule has 0 fully saturated rings. The van der Waals surface area contributed by atoms with Gasteiger partial charge in [0.05, 0.1) is 25.2 Å². The molecular formula is C12H10FN3O3. The average Bonchev–Trinajstić information content (AvgIpc) is 2.42. The van der Waals surface area contributed by atoms with Gasteiger partial charge in [-0.3, -0.25) is 4.98 Å². The first-order valence-electron chi connectivity index (χ1n) is 5.24. The van der Waals surface area contributed by atoms with Crippen molar-refractivity contribution in [3.8, 4) is 11.6 Å². The van der Waals surface area contributed by atoms with Crippen LogP contribution in [0.25, 0.3) is 0 Å². The molecule has 2 rings (SSSR count). The molecule has 1 aromatic heterocycles. The summed E-state index contributed by atoms with van der Waals surface area (Å²) in [7, 11) is 1.21. The van der Waals surface area contributed by atoms with E-state index in [4.69, 9.17) is 10.5 Å². The molecule has 0 aliphatic heterocycles. The molecule has 2 N–H and O–H groups in total. The third-order valence-corrected chi connectivity index (χ3v) is 2.21. The number of esters is 1. The van der Waals surface area contributed by atoms with Crippen molar-refractivity contribution in [3.05, 3.63) is 42.1 Å². The number of rotatable bonds is 3. The summed E-state index contributed by atoms with van der Waals surface area (Å²) in [6, 6.07) is 4.13. The molecule has 1 aromatic carbocycles. The molecule has 7 heteroatoms. The first-order valence-corrected chi connectivity index (χ1v) is 5.24. The Kier molecular flexibility index (Phi) is 3.56. The summed E-state index contributed by atoms with van der Waals surface area (Å²) >= 11 is 0. The SMILES string of the molecule is COC(=O)c1cncc(Oc2c(N)cccc2F)n1. The van der Waals surface area contributed by atoms with Crippen LogP contribution in [0.15, 0.2) is 30.6 Å². The monoisotopic (exact) mass is 263 g/mol. The number of halogens is 1. The predicted molar refractivity (Wildman–Crippen MR) is 64.3 cm³/mol. The Hall–Kier alpha value is -2.70. The quantitative estimate of drug-likeness (QED) is 0.670. The number of aromatic nitrogens is 2. The van der Waals surface area contributed by atoms with Crippen molar-refractivity contribution in [2.24, 2.45) is 0 Å². The van der Waals surface area contributed by atoms with Crippen molar-refractivity contribution < 1.29 is 18.7 Å². The van der Waals surface area contributed by atoms with Gasteiger partial charge in [0, 0.05) is 0 Å². The van der Waals surface area contributed by atoms with Gasteiger partial charge >= 0.3 is 5.97 Å². The lowest BCUT2D eigenvalue weighted by atomic mass is 10.3. The number of nitrogens with two attached hydrogens (primary N) is 1. The lowest BCUT2D eigenvalue weighted by Gasteiger charge is -2.08. The molecule has 0 bridgehead atoms. The molecule has 0 unspecified atom stereocenters. The zero-order valence-electron chi connectivity index (χ0n) is 9.96. The van der Waals surface area contributed by atoms with E-state index in [-0.39, 0.29) is 23.0 Å². The number of nitrogen functional groups attached to an aromatic ring is 1. The van der Waals surface area contributed by atoms with E-state index >= 15 is 0 Å². The maximum absolute atomic E-state index is 13.5. The first kappa shape index (κ1) is 12.7. The first-order chi connectivity index (χ1) is 9.11. The van der Waals surface area contributed by atoms with E-state index in [9.17, 15) is 9.18 Å². The number of ether oxygens (including phenoxy) is 2. The fraction of sp³-hybridized carbons (Fsp3) is 0.0833. The Morgan fingerprint density at radius 2 is 2.16 bits per heavy atom. The molecule has 2 aromatic rings. The van der Waals surface area contributed by atoms with Crippen molar-refractivity contribution >= 4 is 11.7 Å². The number of carbonyl (C=O) groups excluding carboxylic acids is 1. The number of hydrogen-bond acceptors (Lipinski definition) is 6. The van der Waals surface area contributed by atoms with Gasteiger partial charge in [0.2, 0.25) is 5.88 Å². The predicted octanol–water partition coefficient (Wildman–Crippen LogP) is 1.78. The van der Waals surface area contributed by atoms with Gasteiger partial charge in [-0.05, 0) is 12.1 Å². The van der Waals surface area contributed by atoms with Gasteiger partial charge in [-0.25, -0.2) is 14.2 Å². The molecule has 98 valence electrons. The third-order valence-electron chi connectivity index (χ3n) is 2.21. The van der Waals surface area contributed by atoms with E-state index in [1.165, 1.54) is 37.7 Å². The Labute approximate surface area is 108 Å². The highest BCUT2D eigenvalue weighted by molar-refractivity contribution is 5.86. The zero-order chi connectivity index (χ0) is 13.8. The second-order valence-corrected chi connectivity index (χ2v) is 3.49. The van der Waals surface area contributed by atoms with Gasteiger partial charge in [-0.2, -0.15) is 0 Å². The number of para-hydroxylation sites is 1. The molecular weight excluding hydrogens is 253 g/mol. The topological polar surface area (TPSA) is 87.3 Å². The number of nitrogens with zero attached hydrogens (tertiary/aromatic N) is 2. The summed E-state index contributed by atoms with van der Waals surface area (Å²) in [6.07, 6.45) is 2.45. The van der Waals surface area contributed by atoms with Crippen LogP contribution in [0, 0.1) is 5.82 Å². The van der Waals surface area contributed by atoms with Crippen molar-refractivity contribution in [1.29, 1.82) is 0 Å². The third kappa shape index (κ3) is 2.76. The maximum atomic E-state index is 13.5. The standard InChI is InChI=1S/C12H10FN3O3/c1-18-12(17)9-5-15-6-10(16-9)19-11-7(13)3-2-4-8(11)14/h2-6H,14H2,1H3. The second-order valence-electron chi connectivity index (χ2n) is 3.49. The smallest absolute Gasteiger partial charge is 0.358 e. The van der Waals surface area contributed by atoms with E-state index in [0.717, 1.165) is 0 Å². The Morgan fingerprint density at radius 3 is 2.84 bits per heavy atom. The Morgan fingerprint density at radius 1 is 1.37 bits per heavy atom. The molecule has 0 atom stereocenters. The molecule has 6 nitrogen and oxygen atoms in total. The highest BCUT2D eigenvalue weighted by atomic mass is 19.1. The van der Waals surface area contributed by atoms with Crippen LogP contribution in [0.5, 0.6) is 11.6 Å². The van der Waals surface area contributed by atoms with Gasteiger partial charge in [0.1, 0.15) is 0 Å². The second kappa shape index (κ2) is 5.30. The van der Waals surface area contributed by atoms with Crippen molar-refractivity contribution in [3.63, 3.8) is 0 Å². The van der Waals surface area contributed by atoms with Crippen molar-refractivity contribution in [1.82, 2.24) is 9.97 Å². The maximum Gasteiger partial charge on any atom is 0.358 e. The molecule has 19 heavy (non-hydrogen) atoms. The van der Waals surface area contributed by atoms with E-state index in [1.807, 2.05) is 0 Å². The van der Waals surface area contributed by atoms with Crippen LogP contribution < -0.4 is 10.5 Å². The Balaban J connectivity index is 2.31. The molecule has 0 aliphatic carbocycles. The van der Waals surface area contributed by atoms with Gasteiger partial charge in [0.25, 0.3) is 0 Å². The molecule has 0 saturated carbocycles. The van der Waals surface area contributed by atoms with Crippen LogP contribution in [-0.4, -0.2) is 23.0 Å². The molecule has 0 saturated heterocycles. The summed E-state index contributed by atoms with van der Waals surface area (Å²) in [4.78, 5) is 18.9. The molecule has 0 radical (unpaired) electrons. The lowest BCUT2D eigenvalue weighted by molar-refractivity contribution is 0.0592. The number of benzene rings is 1. The van der Waals surface area contributed by atoms with Crippen LogP contribution in [-0.2, 0) is 4.74 Å². The highest BCUT2D eigenvalue weighted by Gasteiger charge is 2.13. The highest BCUT2D eigenvalue weighted by Crippen LogP contribution is 2.28. The van der Waals surface area contributed by atoms with Crippen LogP contribution >= 0.6 is 0 Å². The number of hydrogen-bond donors (Lipinski definition) is 1. The minimum absolute atomic E-state index is 0.0464. The van der Waals surface area contributed by atoms with Gasteiger partial charge in [-0.1, -0.05) is 6.07 Å². The number of carbonyl (C=O) groups is 1. The van der Waals surface area contributed by atoms with Crippen LogP contribution in [0.4, 0.5) is 10.1 Å². The fourth-order valence-electron chi connectivity index (χ4n) is 1.34. The summed E-state index contributed by atoms with van der Waals surface area (Å²) in [5.41, 5.74) is 5.66. The van der Waals surface area contributed by atoms with Crippen molar-refractivity contribution in [2.75, 3.05) is 12.8 Å². The van der Waals surface area contributed by atoms with Gasteiger partial charge < -0.3 is 15.2 Å². The largest absolute Gasteiger partial charge is 0.464 e. The minimum Gasteiger partial charge on any atom is -0.464 e. The number of methoxy groups -OCH3 is 1. The summed E-state index contributed by atoms with van der Waals surface area (Å²) in [6.45, 7) is 0. The molecule has 1 heterocycles. The van der Waals surface area contributed by atoms with Gasteiger partial charge in [-0.15, -0.1) is 0 Å². The zero-order valence-corrected chi connectivity index (χ0v) is 9.96. The van der Waals surface area contributed by atoms with Crippen LogP contribution in [0.1, 0.15) is 10.5 Å². The van der Waals surface area contributed by atoms with E-state index in [2.05, 4.69) is 14.7 Å². The van der Waals surface area contributed by atoms with Crippen LogP contribution in [0.3, 0.4) is 0 Å². The van der Waals surface area contributed by atoms with E-state index in [1.54, 1.807) is 0 Å². The van der Waals surface area contributed by atoms with Crippen molar-refractivity contribution in [2.45, 2.75) is 0 Å². The molecule has 0 aliphatic rings. The van der Waals surface area contributed by atoms with Gasteiger partial charge in [0.15, 0.2) is 17.3 Å². The Bertz CT molecular complexity index is 599. The fourth-order valence-corrected chi connectivity index (χ4v) is 1.34. The number of anilines is 1. The minimum atomic E-state index is -0.667. The molecule has 0 amide bonds. The summed E-state index contributed by atoms with van der Waals surface area (Å²) in [5, 5.41) is 0. The molecule has 0 spiro atoms.